The van der Waals surface area contributed by atoms with Gasteiger partial charge in [-0.1, -0.05) is 20.8 Å². The Labute approximate surface area is 146 Å². The minimum absolute atomic E-state index is 0.0167. The van der Waals surface area contributed by atoms with E-state index in [1.165, 1.54) is 0 Å². The molecule has 2 aromatic rings. The van der Waals surface area contributed by atoms with Crippen LogP contribution >= 0.6 is 15.9 Å². The lowest BCUT2D eigenvalue weighted by molar-refractivity contribution is 0.0608. The van der Waals surface area contributed by atoms with Crippen molar-refractivity contribution < 1.29 is 4.74 Å². The van der Waals surface area contributed by atoms with Crippen molar-refractivity contribution in [1.29, 1.82) is 0 Å². The van der Waals surface area contributed by atoms with Crippen LogP contribution in [0.4, 0.5) is 0 Å². The zero-order valence-corrected chi connectivity index (χ0v) is 15.6. The molecule has 1 aliphatic heterocycles. The molecule has 124 valence electrons. The van der Waals surface area contributed by atoms with Crippen LogP contribution in [-0.2, 0) is 16.7 Å². The molecule has 0 aromatic carbocycles. The van der Waals surface area contributed by atoms with Crippen molar-refractivity contribution in [1.82, 2.24) is 14.5 Å². The smallest absolute Gasteiger partial charge is 0.114 e. The van der Waals surface area contributed by atoms with Crippen LogP contribution in [0.25, 0.3) is 11.3 Å². The monoisotopic (exact) mass is 377 g/mol. The molecule has 3 heterocycles. The molecule has 1 saturated heterocycles. The molecule has 1 fully saturated rings. The summed E-state index contributed by atoms with van der Waals surface area (Å²) in [7, 11) is 0. The Morgan fingerprint density at radius 3 is 2.65 bits per heavy atom. The summed E-state index contributed by atoms with van der Waals surface area (Å²) in [5, 5.41) is 0. The van der Waals surface area contributed by atoms with Gasteiger partial charge in [-0.15, -0.1) is 0 Å². The molecule has 2 aromatic heterocycles. The first-order chi connectivity index (χ1) is 10.9. The van der Waals surface area contributed by atoms with Gasteiger partial charge in [-0.3, -0.25) is 4.98 Å². The zero-order valence-electron chi connectivity index (χ0n) is 14.1. The van der Waals surface area contributed by atoms with E-state index in [9.17, 15) is 0 Å². The quantitative estimate of drug-likeness (QED) is 0.793. The minimum atomic E-state index is 0.0167. The first-order valence-corrected chi connectivity index (χ1v) is 8.99. The number of hydrogen-bond acceptors (Lipinski definition) is 3. The molecule has 1 aliphatic rings. The molecular formula is C18H24BrN3O. The fraction of sp³-hybridized carbons (Fsp3) is 0.556. The number of hydrogen-bond donors (Lipinski definition) is 0. The van der Waals surface area contributed by atoms with E-state index >= 15 is 0 Å². The van der Waals surface area contributed by atoms with E-state index < -0.39 is 0 Å². The van der Waals surface area contributed by atoms with E-state index in [2.05, 4.69) is 58.5 Å². The van der Waals surface area contributed by atoms with Crippen molar-refractivity contribution in [2.24, 2.45) is 5.92 Å². The summed E-state index contributed by atoms with van der Waals surface area (Å²) in [4.78, 5) is 9.19. The van der Waals surface area contributed by atoms with Crippen molar-refractivity contribution in [3.8, 4) is 11.3 Å². The Bertz CT molecular complexity index is 669. The van der Waals surface area contributed by atoms with Crippen LogP contribution in [-0.4, -0.2) is 27.7 Å². The maximum Gasteiger partial charge on any atom is 0.114 e. The van der Waals surface area contributed by atoms with Crippen molar-refractivity contribution in [3.05, 3.63) is 35.0 Å². The number of halogens is 1. The lowest BCUT2D eigenvalue weighted by atomic mass is 9.94. The van der Waals surface area contributed by atoms with Crippen molar-refractivity contribution in [2.75, 3.05) is 13.2 Å². The molecule has 0 unspecified atom stereocenters. The molecular weight excluding hydrogens is 354 g/mol. The third kappa shape index (κ3) is 4.01. The molecule has 5 heteroatoms. The molecule has 0 bridgehead atoms. The van der Waals surface area contributed by atoms with Crippen LogP contribution in [0, 0.1) is 5.92 Å². The molecule has 0 N–H and O–H groups in total. The van der Waals surface area contributed by atoms with Crippen molar-refractivity contribution in [2.45, 2.75) is 45.6 Å². The van der Waals surface area contributed by atoms with E-state index in [-0.39, 0.29) is 5.41 Å². The van der Waals surface area contributed by atoms with Gasteiger partial charge in [-0.2, -0.15) is 0 Å². The number of ether oxygens (including phenoxy) is 1. The lowest BCUT2D eigenvalue weighted by Crippen LogP contribution is -2.24. The first-order valence-electron chi connectivity index (χ1n) is 8.20. The molecule has 0 amide bonds. The molecule has 0 atom stereocenters. The predicted molar refractivity (Wildman–Crippen MR) is 95.4 cm³/mol. The van der Waals surface area contributed by atoms with E-state index in [0.717, 1.165) is 54.2 Å². The first kappa shape index (κ1) is 16.7. The summed E-state index contributed by atoms with van der Waals surface area (Å²) in [6, 6.07) is 2.07. The van der Waals surface area contributed by atoms with Gasteiger partial charge in [0.2, 0.25) is 0 Å². The topological polar surface area (TPSA) is 39.9 Å². The molecule has 3 rings (SSSR count). The summed E-state index contributed by atoms with van der Waals surface area (Å²) in [6.07, 6.45) is 8.12. The van der Waals surface area contributed by atoms with Gasteiger partial charge in [0.25, 0.3) is 0 Å². The summed E-state index contributed by atoms with van der Waals surface area (Å²) in [5.41, 5.74) is 2.06. The van der Waals surface area contributed by atoms with E-state index in [0.29, 0.717) is 5.92 Å². The minimum Gasteiger partial charge on any atom is -0.381 e. The summed E-state index contributed by atoms with van der Waals surface area (Å²) in [6.45, 7) is 9.44. The van der Waals surface area contributed by atoms with Crippen LogP contribution in [0.15, 0.2) is 29.1 Å². The SMILES string of the molecule is CC(C)(C)c1nc(-c2cncc(Br)c2)cn1CC1CCOCC1. The fourth-order valence-corrected chi connectivity index (χ4v) is 3.42. The van der Waals surface area contributed by atoms with Gasteiger partial charge in [0.15, 0.2) is 0 Å². The van der Waals surface area contributed by atoms with Crippen molar-refractivity contribution >= 4 is 15.9 Å². The van der Waals surface area contributed by atoms with Crippen LogP contribution in [0.2, 0.25) is 0 Å². The van der Waals surface area contributed by atoms with Gasteiger partial charge in [0.05, 0.1) is 5.69 Å². The van der Waals surface area contributed by atoms with E-state index in [4.69, 9.17) is 9.72 Å². The van der Waals surface area contributed by atoms with E-state index in [1.54, 1.807) is 6.20 Å². The third-order valence-corrected chi connectivity index (χ3v) is 4.68. The Hall–Kier alpha value is -1.20. The molecule has 0 saturated carbocycles. The summed E-state index contributed by atoms with van der Waals surface area (Å²) >= 11 is 3.49. The second-order valence-corrected chi connectivity index (χ2v) is 8.22. The maximum absolute atomic E-state index is 5.48. The average molecular weight is 378 g/mol. The Kier molecular flexibility index (Phi) is 4.87. The highest BCUT2D eigenvalue weighted by Gasteiger charge is 2.24. The number of nitrogens with zero attached hydrogens (tertiary/aromatic N) is 3. The highest BCUT2D eigenvalue weighted by molar-refractivity contribution is 9.10. The third-order valence-electron chi connectivity index (χ3n) is 4.24. The van der Waals surface area contributed by atoms with Gasteiger partial charge in [-0.25, -0.2) is 4.98 Å². The van der Waals surface area contributed by atoms with Gasteiger partial charge >= 0.3 is 0 Å². The number of aromatic nitrogens is 3. The average Bonchev–Trinajstić information content (AvgIpc) is 2.92. The molecule has 0 radical (unpaired) electrons. The second-order valence-electron chi connectivity index (χ2n) is 7.30. The van der Waals surface area contributed by atoms with Crippen LogP contribution in [0.3, 0.4) is 0 Å². The van der Waals surface area contributed by atoms with Crippen molar-refractivity contribution in [3.63, 3.8) is 0 Å². The maximum atomic E-state index is 5.48. The van der Waals surface area contributed by atoms with Crippen LogP contribution < -0.4 is 0 Å². The molecule has 0 aliphatic carbocycles. The summed E-state index contributed by atoms with van der Waals surface area (Å²) in [5.74, 6) is 1.81. The number of imidazole rings is 1. The van der Waals surface area contributed by atoms with Crippen LogP contribution in [0.5, 0.6) is 0 Å². The van der Waals surface area contributed by atoms with Crippen LogP contribution in [0.1, 0.15) is 39.4 Å². The fourth-order valence-electron chi connectivity index (χ4n) is 3.05. The number of pyridine rings is 1. The predicted octanol–water partition coefficient (Wildman–Crippen LogP) is 4.43. The Balaban J connectivity index is 1.93. The van der Waals surface area contributed by atoms with Gasteiger partial charge in [-0.05, 0) is 40.8 Å². The lowest BCUT2D eigenvalue weighted by Gasteiger charge is -2.25. The molecule has 23 heavy (non-hydrogen) atoms. The molecule has 0 spiro atoms. The largest absolute Gasteiger partial charge is 0.381 e. The highest BCUT2D eigenvalue weighted by atomic mass is 79.9. The molecule has 4 nitrogen and oxygen atoms in total. The van der Waals surface area contributed by atoms with E-state index in [1.807, 2.05) is 6.20 Å². The second kappa shape index (κ2) is 6.73. The van der Waals surface area contributed by atoms with Gasteiger partial charge in [0, 0.05) is 53.8 Å². The normalized spacial score (nSPS) is 16.7. The Morgan fingerprint density at radius 2 is 2.00 bits per heavy atom. The zero-order chi connectivity index (χ0) is 16.4. The Morgan fingerprint density at radius 1 is 1.26 bits per heavy atom. The standard InChI is InChI=1S/C18H24BrN3O/c1-18(2,3)17-21-16(14-8-15(19)10-20-9-14)12-22(17)11-13-4-6-23-7-5-13/h8-10,12-13H,4-7,11H2,1-3H3. The number of rotatable bonds is 3. The summed E-state index contributed by atoms with van der Waals surface area (Å²) < 4.78 is 8.80. The van der Waals surface area contributed by atoms with Gasteiger partial charge in [0.1, 0.15) is 5.82 Å². The van der Waals surface area contributed by atoms with Gasteiger partial charge < -0.3 is 9.30 Å². The highest BCUT2D eigenvalue weighted by Crippen LogP contribution is 2.29.